The molecule has 0 rings (SSSR count). The summed E-state index contributed by atoms with van der Waals surface area (Å²) >= 11 is 0. The molecule has 0 radical (unpaired) electrons. The van der Waals surface area contributed by atoms with Crippen LogP contribution in [0.25, 0.3) is 0 Å². The molecule has 0 saturated heterocycles. The molecule has 12 heavy (non-hydrogen) atoms. The molecular weight excluding hydrogens is 152 g/mol. The molecule has 0 bridgehead atoms. The maximum absolute atomic E-state index is 10.7. The van der Waals surface area contributed by atoms with Crippen molar-refractivity contribution in [3.05, 3.63) is 29.5 Å². The quantitative estimate of drug-likeness (QED) is 0.516. The molecular formula is C10H14O2. The molecule has 2 nitrogen and oxygen atoms in total. The van der Waals surface area contributed by atoms with Crippen LogP contribution in [0.5, 0.6) is 0 Å². The Morgan fingerprint density at radius 2 is 2.00 bits per heavy atom. The molecule has 1 unspecified atom stereocenters. The average molecular weight is 166 g/mol. The molecule has 1 N–H and O–H groups in total. The lowest BCUT2D eigenvalue weighted by molar-refractivity contribution is -0.138. The van der Waals surface area contributed by atoms with Gasteiger partial charge in [0.25, 0.3) is 0 Å². The largest absolute Gasteiger partial charge is 0.481 e. The summed E-state index contributed by atoms with van der Waals surface area (Å²) < 4.78 is 0. The molecule has 0 aliphatic rings. The van der Waals surface area contributed by atoms with Crippen LogP contribution in [-0.4, -0.2) is 11.1 Å². The van der Waals surface area contributed by atoms with Crippen molar-refractivity contribution >= 4 is 5.97 Å². The van der Waals surface area contributed by atoms with Gasteiger partial charge in [0.05, 0.1) is 0 Å². The summed E-state index contributed by atoms with van der Waals surface area (Å²) in [7, 11) is 0. The first-order valence-electron chi connectivity index (χ1n) is 3.73. The number of allylic oxidation sites excluding steroid dienone is 1. The smallest absolute Gasteiger partial charge is 0.315 e. The van der Waals surface area contributed by atoms with Crippen LogP contribution in [0, 0.1) is 5.92 Å². The molecule has 0 fully saturated rings. The Labute approximate surface area is 72.9 Å². The normalized spacial score (nSPS) is 11.2. The summed E-state index contributed by atoms with van der Waals surface area (Å²) in [6.07, 6.45) is 1.69. The first kappa shape index (κ1) is 10.7. The van der Waals surface area contributed by atoms with Crippen molar-refractivity contribution in [2.75, 3.05) is 0 Å². The Morgan fingerprint density at radius 1 is 1.50 bits per heavy atom. The first-order chi connectivity index (χ1) is 5.49. The zero-order valence-corrected chi connectivity index (χ0v) is 7.72. The topological polar surface area (TPSA) is 37.3 Å². The van der Waals surface area contributed by atoms with Gasteiger partial charge in [0, 0.05) is 0 Å². The molecule has 66 valence electrons. The molecule has 0 spiro atoms. The minimum atomic E-state index is -0.857. The first-order valence-corrected chi connectivity index (χ1v) is 3.73. The predicted octanol–water partition coefficient (Wildman–Crippen LogP) is 2.38. The van der Waals surface area contributed by atoms with Crippen LogP contribution in [-0.2, 0) is 4.79 Å². The fourth-order valence-corrected chi connectivity index (χ4v) is 0.825. The van der Waals surface area contributed by atoms with Crippen molar-refractivity contribution in [2.24, 2.45) is 5.92 Å². The van der Waals surface area contributed by atoms with E-state index in [-0.39, 0.29) is 0 Å². The summed E-state index contributed by atoms with van der Waals surface area (Å²) in [4.78, 5) is 10.7. The molecule has 0 aliphatic carbocycles. The Balaban J connectivity index is 4.81. The molecule has 1 atom stereocenters. The van der Waals surface area contributed by atoms with Gasteiger partial charge in [-0.15, -0.1) is 5.73 Å². The van der Waals surface area contributed by atoms with Crippen LogP contribution in [0.1, 0.15) is 20.8 Å². The van der Waals surface area contributed by atoms with E-state index in [1.807, 2.05) is 13.8 Å². The van der Waals surface area contributed by atoms with Crippen molar-refractivity contribution in [3.8, 4) is 0 Å². The van der Waals surface area contributed by atoms with Gasteiger partial charge in [-0.05, 0) is 26.3 Å². The molecule has 0 saturated carbocycles. The van der Waals surface area contributed by atoms with Gasteiger partial charge in [-0.3, -0.25) is 4.79 Å². The average Bonchev–Trinajstić information content (AvgIpc) is 1.98. The van der Waals surface area contributed by atoms with Crippen LogP contribution >= 0.6 is 0 Å². The second-order valence-corrected chi connectivity index (χ2v) is 2.92. The number of rotatable bonds is 3. The van der Waals surface area contributed by atoms with Crippen LogP contribution < -0.4 is 0 Å². The second kappa shape index (κ2) is 4.58. The van der Waals surface area contributed by atoms with Crippen LogP contribution in [0.15, 0.2) is 29.5 Å². The van der Waals surface area contributed by atoms with E-state index < -0.39 is 11.9 Å². The monoisotopic (exact) mass is 166 g/mol. The number of aliphatic carboxylic acids is 1. The molecule has 0 aromatic carbocycles. The van der Waals surface area contributed by atoms with E-state index in [4.69, 9.17) is 5.11 Å². The zero-order chi connectivity index (χ0) is 9.72. The lowest BCUT2D eigenvalue weighted by Crippen LogP contribution is -2.12. The number of carboxylic acid groups (broad SMARTS) is 1. The van der Waals surface area contributed by atoms with Gasteiger partial charge in [-0.2, -0.15) is 0 Å². The summed E-state index contributed by atoms with van der Waals surface area (Å²) in [5, 5.41) is 8.79. The molecule has 0 aliphatic heterocycles. The van der Waals surface area contributed by atoms with E-state index in [0.717, 1.165) is 5.57 Å². The minimum absolute atomic E-state index is 0.576. The fourth-order valence-electron chi connectivity index (χ4n) is 0.825. The fraction of sp³-hybridized carbons (Fsp3) is 0.400. The van der Waals surface area contributed by atoms with E-state index >= 15 is 0 Å². The Bertz CT molecular complexity index is 251. The number of hydrogen-bond acceptors (Lipinski definition) is 1. The van der Waals surface area contributed by atoms with Gasteiger partial charge < -0.3 is 5.11 Å². The van der Waals surface area contributed by atoms with Crippen LogP contribution in [0.4, 0.5) is 0 Å². The van der Waals surface area contributed by atoms with Gasteiger partial charge >= 0.3 is 5.97 Å². The second-order valence-electron chi connectivity index (χ2n) is 2.92. The molecule has 0 aromatic rings. The van der Waals surface area contributed by atoms with E-state index in [0.29, 0.717) is 5.57 Å². The maximum Gasteiger partial charge on any atom is 0.315 e. The van der Waals surface area contributed by atoms with E-state index in [1.165, 1.54) is 0 Å². The van der Waals surface area contributed by atoms with Gasteiger partial charge in [0.2, 0.25) is 0 Å². The van der Waals surface area contributed by atoms with Crippen molar-refractivity contribution in [1.82, 2.24) is 0 Å². The van der Waals surface area contributed by atoms with E-state index in [2.05, 4.69) is 12.3 Å². The highest BCUT2D eigenvalue weighted by atomic mass is 16.4. The Kier molecular flexibility index (Phi) is 4.09. The third-order valence-corrected chi connectivity index (χ3v) is 1.51. The van der Waals surface area contributed by atoms with Gasteiger partial charge in [-0.1, -0.05) is 18.2 Å². The van der Waals surface area contributed by atoms with E-state index in [9.17, 15) is 4.79 Å². The van der Waals surface area contributed by atoms with Crippen LogP contribution in [0.3, 0.4) is 0 Å². The summed E-state index contributed by atoms with van der Waals surface area (Å²) in [6.45, 7) is 8.86. The van der Waals surface area contributed by atoms with Crippen molar-refractivity contribution < 1.29 is 9.90 Å². The minimum Gasteiger partial charge on any atom is -0.481 e. The van der Waals surface area contributed by atoms with Gasteiger partial charge in [0.1, 0.15) is 5.92 Å². The molecule has 2 heteroatoms. The third kappa shape index (κ3) is 3.22. The zero-order valence-electron chi connectivity index (χ0n) is 7.72. The number of carboxylic acids is 1. The predicted molar refractivity (Wildman–Crippen MR) is 48.9 cm³/mol. The van der Waals surface area contributed by atoms with Gasteiger partial charge in [0.15, 0.2) is 0 Å². The maximum atomic E-state index is 10.7. The van der Waals surface area contributed by atoms with E-state index in [1.54, 1.807) is 13.0 Å². The highest BCUT2D eigenvalue weighted by Crippen LogP contribution is 2.13. The number of hydrogen-bond donors (Lipinski definition) is 1. The van der Waals surface area contributed by atoms with Crippen LogP contribution in [0.2, 0.25) is 0 Å². The Hall–Kier alpha value is -1.27. The highest BCUT2D eigenvalue weighted by Gasteiger charge is 2.15. The van der Waals surface area contributed by atoms with Gasteiger partial charge in [-0.25, -0.2) is 0 Å². The SMILES string of the molecule is C=C=C(C)C(C=C(C)C)C(=O)O. The Morgan fingerprint density at radius 3 is 2.25 bits per heavy atom. The van der Waals surface area contributed by atoms with Crippen molar-refractivity contribution in [1.29, 1.82) is 0 Å². The third-order valence-electron chi connectivity index (χ3n) is 1.51. The molecule has 0 aromatic heterocycles. The lowest BCUT2D eigenvalue weighted by Gasteiger charge is -2.06. The molecule has 0 heterocycles. The highest BCUT2D eigenvalue weighted by molar-refractivity contribution is 5.75. The summed E-state index contributed by atoms with van der Waals surface area (Å²) in [6, 6.07) is 0. The van der Waals surface area contributed by atoms with Crippen molar-refractivity contribution in [3.63, 3.8) is 0 Å². The lowest BCUT2D eigenvalue weighted by atomic mass is 9.99. The molecule has 0 amide bonds. The summed E-state index contributed by atoms with van der Waals surface area (Å²) in [5.41, 5.74) is 4.22. The number of carbonyl (C=O) groups is 1. The standard InChI is InChI=1S/C10H14O2/c1-5-8(4)9(10(11)12)6-7(2)3/h6,9H,1H2,2-4H3,(H,11,12). The summed E-state index contributed by atoms with van der Waals surface area (Å²) in [5.74, 6) is -1.43. The van der Waals surface area contributed by atoms with Crippen molar-refractivity contribution in [2.45, 2.75) is 20.8 Å².